The molecule has 1 aliphatic rings. The lowest BCUT2D eigenvalue weighted by Crippen LogP contribution is -2.04. The van der Waals surface area contributed by atoms with Crippen LogP contribution in [0.25, 0.3) is 22.0 Å². The van der Waals surface area contributed by atoms with E-state index < -0.39 is 0 Å². The van der Waals surface area contributed by atoms with Crippen molar-refractivity contribution in [3.8, 4) is 17.1 Å². The van der Waals surface area contributed by atoms with Gasteiger partial charge in [0.15, 0.2) is 0 Å². The zero-order valence-electron chi connectivity index (χ0n) is 14.4. The molecule has 1 aliphatic carbocycles. The van der Waals surface area contributed by atoms with Crippen molar-refractivity contribution in [2.24, 2.45) is 0 Å². The zero-order valence-corrected chi connectivity index (χ0v) is 14.4. The first-order valence-corrected chi connectivity index (χ1v) is 8.91. The van der Waals surface area contributed by atoms with Crippen LogP contribution in [0.5, 0.6) is 6.01 Å². The molecule has 26 heavy (non-hydrogen) atoms. The number of benzene rings is 3. The Hall–Kier alpha value is -3.20. The van der Waals surface area contributed by atoms with Gasteiger partial charge in [0, 0.05) is 18.0 Å². The van der Waals surface area contributed by atoms with Gasteiger partial charge in [-0.25, -0.2) is 4.98 Å². The van der Waals surface area contributed by atoms with Crippen LogP contribution in [0.15, 0.2) is 72.9 Å². The van der Waals surface area contributed by atoms with Crippen LogP contribution in [0.3, 0.4) is 0 Å². The van der Waals surface area contributed by atoms with Crippen LogP contribution in [-0.4, -0.2) is 16.6 Å². The Bertz CT molecular complexity index is 1100. The fraction of sp³-hybridized carbons (Fsp3) is 0.130. The summed E-state index contributed by atoms with van der Waals surface area (Å²) < 4.78 is 5.78. The first-order chi connectivity index (χ1) is 12.9. The number of fused-ring (bicyclic) bond motifs is 4. The number of aromatic nitrogens is 2. The van der Waals surface area contributed by atoms with E-state index >= 15 is 0 Å². The molecule has 0 atom stereocenters. The maximum absolute atomic E-state index is 5.78. The molecule has 0 amide bonds. The highest BCUT2D eigenvalue weighted by Crippen LogP contribution is 2.36. The molecule has 0 N–H and O–H groups in total. The second-order valence-electron chi connectivity index (χ2n) is 6.64. The van der Waals surface area contributed by atoms with Crippen LogP contribution in [0, 0.1) is 0 Å². The van der Waals surface area contributed by atoms with Crippen molar-refractivity contribution in [2.75, 3.05) is 6.61 Å². The molecule has 0 aliphatic heterocycles. The quantitative estimate of drug-likeness (QED) is 0.471. The average Bonchev–Trinajstić information content (AvgIpc) is 3.06. The van der Waals surface area contributed by atoms with E-state index in [9.17, 15) is 0 Å². The van der Waals surface area contributed by atoms with Gasteiger partial charge in [0.25, 0.3) is 0 Å². The van der Waals surface area contributed by atoms with Crippen LogP contribution < -0.4 is 4.74 Å². The van der Waals surface area contributed by atoms with E-state index in [0.717, 1.165) is 23.7 Å². The molecule has 0 radical (unpaired) electrons. The van der Waals surface area contributed by atoms with Crippen molar-refractivity contribution in [3.63, 3.8) is 0 Å². The molecular formula is C23H18N2O. The van der Waals surface area contributed by atoms with Crippen molar-refractivity contribution < 1.29 is 4.74 Å². The molecule has 0 saturated heterocycles. The van der Waals surface area contributed by atoms with Crippen molar-refractivity contribution in [1.82, 2.24) is 9.97 Å². The summed E-state index contributed by atoms with van der Waals surface area (Å²) in [4.78, 5) is 8.75. The van der Waals surface area contributed by atoms with Gasteiger partial charge in [0.2, 0.25) is 0 Å². The van der Waals surface area contributed by atoms with Gasteiger partial charge < -0.3 is 4.74 Å². The summed E-state index contributed by atoms with van der Waals surface area (Å²) in [6, 6.07) is 23.8. The third kappa shape index (κ3) is 2.72. The molecule has 0 bridgehead atoms. The van der Waals surface area contributed by atoms with Gasteiger partial charge in [-0.1, -0.05) is 60.7 Å². The van der Waals surface area contributed by atoms with E-state index in [4.69, 9.17) is 4.74 Å². The van der Waals surface area contributed by atoms with Crippen LogP contribution in [0.2, 0.25) is 0 Å². The third-order valence-electron chi connectivity index (χ3n) is 4.95. The molecule has 0 fully saturated rings. The summed E-state index contributed by atoms with van der Waals surface area (Å²) in [7, 11) is 0. The van der Waals surface area contributed by atoms with Crippen molar-refractivity contribution in [2.45, 2.75) is 12.8 Å². The molecule has 1 aromatic heterocycles. The molecule has 5 rings (SSSR count). The summed E-state index contributed by atoms with van der Waals surface area (Å²) in [5, 5.41) is 1.03. The Morgan fingerprint density at radius 3 is 2.69 bits per heavy atom. The number of hydrogen-bond donors (Lipinski definition) is 0. The predicted octanol–water partition coefficient (Wildman–Crippen LogP) is 4.82. The highest BCUT2D eigenvalue weighted by atomic mass is 16.5. The first-order valence-electron chi connectivity index (χ1n) is 8.91. The lowest BCUT2D eigenvalue weighted by molar-refractivity contribution is 0.297. The summed E-state index contributed by atoms with van der Waals surface area (Å²) in [6.45, 7) is 0.573. The Labute approximate surface area is 152 Å². The number of para-hydroxylation sites is 1. The standard InChI is InChI=1S/C23H18N2O/c1-3-7-20-17(5-1)14-19-13-16(9-10-21(19)20)11-12-26-23-24-15-18-6-2-4-8-22(18)25-23/h1-10,13,15H,11-12,14H2. The minimum absolute atomic E-state index is 0.442. The maximum Gasteiger partial charge on any atom is 0.316 e. The molecule has 1 heterocycles. The molecule has 3 heteroatoms. The predicted molar refractivity (Wildman–Crippen MR) is 103 cm³/mol. The fourth-order valence-electron chi connectivity index (χ4n) is 3.64. The second-order valence-corrected chi connectivity index (χ2v) is 6.64. The third-order valence-corrected chi connectivity index (χ3v) is 4.95. The average molecular weight is 338 g/mol. The zero-order chi connectivity index (χ0) is 17.3. The number of nitrogens with zero attached hydrogens (tertiary/aromatic N) is 2. The van der Waals surface area contributed by atoms with Crippen LogP contribution >= 0.6 is 0 Å². The maximum atomic E-state index is 5.78. The molecular weight excluding hydrogens is 320 g/mol. The van der Waals surface area contributed by atoms with Gasteiger partial charge >= 0.3 is 6.01 Å². The van der Waals surface area contributed by atoms with Crippen LogP contribution in [0.1, 0.15) is 16.7 Å². The Morgan fingerprint density at radius 1 is 0.846 bits per heavy atom. The SMILES string of the molecule is c1ccc2c(c1)Cc1cc(CCOc3ncc4ccccc4n3)ccc1-2. The largest absolute Gasteiger partial charge is 0.463 e. The van der Waals surface area contributed by atoms with Gasteiger partial charge in [-0.3, -0.25) is 0 Å². The van der Waals surface area contributed by atoms with Gasteiger partial charge in [0.1, 0.15) is 0 Å². The van der Waals surface area contributed by atoms with Crippen molar-refractivity contribution >= 4 is 10.9 Å². The topological polar surface area (TPSA) is 35.0 Å². The fourth-order valence-corrected chi connectivity index (χ4v) is 3.64. The number of rotatable bonds is 4. The van der Waals surface area contributed by atoms with Crippen molar-refractivity contribution in [1.29, 1.82) is 0 Å². The summed E-state index contributed by atoms with van der Waals surface area (Å²) >= 11 is 0. The summed E-state index contributed by atoms with van der Waals surface area (Å²) in [5.41, 5.74) is 7.76. The molecule has 126 valence electrons. The smallest absolute Gasteiger partial charge is 0.316 e. The van der Waals surface area contributed by atoms with E-state index in [1.165, 1.54) is 27.8 Å². The molecule has 0 unspecified atom stereocenters. The number of hydrogen-bond acceptors (Lipinski definition) is 3. The lowest BCUT2D eigenvalue weighted by atomic mass is 10.0. The highest BCUT2D eigenvalue weighted by Gasteiger charge is 2.17. The van der Waals surface area contributed by atoms with E-state index in [1.54, 1.807) is 0 Å². The van der Waals surface area contributed by atoms with Gasteiger partial charge in [0.05, 0.1) is 12.1 Å². The van der Waals surface area contributed by atoms with E-state index in [0.29, 0.717) is 12.6 Å². The van der Waals surface area contributed by atoms with Crippen LogP contribution in [-0.2, 0) is 12.8 Å². The van der Waals surface area contributed by atoms with Crippen molar-refractivity contribution in [3.05, 3.63) is 89.6 Å². The Balaban J connectivity index is 1.28. The normalized spacial score (nSPS) is 12.0. The summed E-state index contributed by atoms with van der Waals surface area (Å²) in [6.07, 6.45) is 3.68. The summed E-state index contributed by atoms with van der Waals surface area (Å²) in [5.74, 6) is 0. The van der Waals surface area contributed by atoms with Crippen LogP contribution in [0.4, 0.5) is 0 Å². The number of ether oxygens (including phenoxy) is 1. The van der Waals surface area contributed by atoms with E-state index in [-0.39, 0.29) is 0 Å². The molecule has 3 aromatic carbocycles. The van der Waals surface area contributed by atoms with E-state index in [2.05, 4.69) is 52.4 Å². The highest BCUT2D eigenvalue weighted by molar-refractivity contribution is 5.78. The van der Waals surface area contributed by atoms with Gasteiger partial charge in [-0.15, -0.1) is 0 Å². The molecule has 0 saturated carbocycles. The monoisotopic (exact) mass is 338 g/mol. The van der Waals surface area contributed by atoms with E-state index in [1.807, 2.05) is 30.5 Å². The minimum atomic E-state index is 0.442. The molecule has 0 spiro atoms. The van der Waals surface area contributed by atoms with Gasteiger partial charge in [-0.2, -0.15) is 4.98 Å². The Morgan fingerprint density at radius 2 is 1.69 bits per heavy atom. The Kier molecular flexibility index (Phi) is 3.64. The van der Waals surface area contributed by atoms with Gasteiger partial charge in [-0.05, 0) is 40.3 Å². The molecule has 4 aromatic rings. The second kappa shape index (κ2) is 6.26. The molecule has 3 nitrogen and oxygen atoms in total. The first kappa shape index (κ1) is 15.1. The lowest BCUT2D eigenvalue weighted by Gasteiger charge is -2.07. The minimum Gasteiger partial charge on any atom is -0.463 e.